The van der Waals surface area contributed by atoms with E-state index in [1.165, 1.54) is 29.2 Å². The Morgan fingerprint density at radius 1 is 1.03 bits per heavy atom. The van der Waals surface area contributed by atoms with Crippen molar-refractivity contribution in [2.75, 3.05) is 0 Å². The van der Waals surface area contributed by atoms with Gasteiger partial charge in [-0.3, -0.25) is 14.6 Å². The molecule has 0 bridgehead atoms. The van der Waals surface area contributed by atoms with Crippen LogP contribution >= 0.6 is 0 Å². The van der Waals surface area contributed by atoms with Crippen molar-refractivity contribution in [1.82, 2.24) is 19.9 Å². The second-order valence-corrected chi connectivity index (χ2v) is 11.2. The fraction of sp³-hybridized carbons (Fsp3) is 0.321. The third-order valence-corrected chi connectivity index (χ3v) is 7.92. The molecule has 1 atom stereocenters. The van der Waals surface area contributed by atoms with Gasteiger partial charge < -0.3 is 10.2 Å². The molecule has 38 heavy (non-hydrogen) atoms. The average molecular weight is 539 g/mol. The summed E-state index contributed by atoms with van der Waals surface area (Å²) < 4.78 is 40.8. The zero-order valence-electron chi connectivity index (χ0n) is 21.1. The van der Waals surface area contributed by atoms with E-state index in [0.29, 0.717) is 12.0 Å². The Morgan fingerprint density at radius 2 is 1.71 bits per heavy atom. The molecule has 200 valence electrons. The molecular formula is C28H31FN4O4S. The number of hydrogen-bond donors (Lipinski definition) is 2. The van der Waals surface area contributed by atoms with Crippen LogP contribution in [0, 0.1) is 5.82 Å². The van der Waals surface area contributed by atoms with Crippen molar-refractivity contribution in [2.24, 2.45) is 0 Å². The molecule has 4 rings (SSSR count). The summed E-state index contributed by atoms with van der Waals surface area (Å²) in [7, 11) is -3.54. The maximum atomic E-state index is 13.4. The standard InChI is InChI=1S/C28H31FN4O4S/c1-20(28(35)31-18-23-3-2-16-30-17-23)33(19-22-4-9-24(29)10-5-22)27(34)15-8-21-6-13-26(14-7-21)38(36,37)32-25-11-12-25/h2-7,9-10,13-14,16-17,20,25,32H,8,11-12,15,18-19H2,1H3,(H,31,35). The van der Waals surface area contributed by atoms with Crippen LogP contribution in [0.15, 0.2) is 78.0 Å². The molecule has 1 aliphatic rings. The number of aromatic nitrogens is 1. The fourth-order valence-electron chi connectivity index (χ4n) is 3.93. The highest BCUT2D eigenvalue weighted by Gasteiger charge is 2.28. The van der Waals surface area contributed by atoms with Gasteiger partial charge in [0.25, 0.3) is 0 Å². The minimum absolute atomic E-state index is 0.0212. The van der Waals surface area contributed by atoms with E-state index < -0.39 is 16.1 Å². The fourth-order valence-corrected chi connectivity index (χ4v) is 5.23. The van der Waals surface area contributed by atoms with Gasteiger partial charge >= 0.3 is 0 Å². The summed E-state index contributed by atoms with van der Waals surface area (Å²) in [5, 5.41) is 2.85. The van der Waals surface area contributed by atoms with E-state index in [1.54, 1.807) is 49.6 Å². The van der Waals surface area contributed by atoms with Crippen LogP contribution in [-0.2, 0) is 39.1 Å². The highest BCUT2D eigenvalue weighted by Crippen LogP contribution is 2.22. The predicted octanol–water partition coefficient (Wildman–Crippen LogP) is 3.33. The first-order valence-electron chi connectivity index (χ1n) is 12.5. The largest absolute Gasteiger partial charge is 0.350 e. The number of nitrogens with zero attached hydrogens (tertiary/aromatic N) is 2. The summed E-state index contributed by atoms with van der Waals surface area (Å²) in [6.45, 7) is 2.08. The van der Waals surface area contributed by atoms with Crippen LogP contribution in [-0.4, -0.2) is 42.2 Å². The average Bonchev–Trinajstić information content (AvgIpc) is 3.74. The highest BCUT2D eigenvalue weighted by atomic mass is 32.2. The molecule has 0 aliphatic heterocycles. The Labute approximate surface area is 222 Å². The first-order chi connectivity index (χ1) is 18.2. The van der Waals surface area contributed by atoms with Gasteiger partial charge in [0.05, 0.1) is 4.90 Å². The maximum Gasteiger partial charge on any atom is 0.242 e. The van der Waals surface area contributed by atoms with Gasteiger partial charge in [0, 0.05) is 37.9 Å². The minimum Gasteiger partial charge on any atom is -0.350 e. The number of rotatable bonds is 12. The number of nitrogens with one attached hydrogen (secondary N) is 2. The molecule has 3 aromatic rings. The summed E-state index contributed by atoms with van der Waals surface area (Å²) >= 11 is 0. The SMILES string of the molecule is CC(C(=O)NCc1cccnc1)N(Cc1ccc(F)cc1)C(=O)CCc1ccc(S(=O)(=O)NC2CC2)cc1. The number of sulfonamides is 1. The number of hydrogen-bond acceptors (Lipinski definition) is 5. The van der Waals surface area contributed by atoms with Crippen molar-refractivity contribution in [3.05, 3.63) is 95.6 Å². The van der Waals surface area contributed by atoms with Crippen LogP contribution in [0.25, 0.3) is 0 Å². The van der Waals surface area contributed by atoms with Crippen molar-refractivity contribution in [1.29, 1.82) is 0 Å². The lowest BCUT2D eigenvalue weighted by molar-refractivity contribution is -0.140. The summed E-state index contributed by atoms with van der Waals surface area (Å²) in [5.41, 5.74) is 2.34. The molecule has 1 fully saturated rings. The Bertz CT molecular complexity index is 1350. The van der Waals surface area contributed by atoms with Crippen LogP contribution in [0.3, 0.4) is 0 Å². The van der Waals surface area contributed by atoms with Gasteiger partial charge in [-0.15, -0.1) is 0 Å². The third kappa shape index (κ3) is 7.69. The molecule has 1 unspecified atom stereocenters. The molecule has 10 heteroatoms. The molecule has 1 heterocycles. The molecule has 8 nitrogen and oxygen atoms in total. The van der Waals surface area contributed by atoms with E-state index in [1.807, 2.05) is 6.07 Å². The van der Waals surface area contributed by atoms with Gasteiger partial charge in [-0.2, -0.15) is 0 Å². The lowest BCUT2D eigenvalue weighted by Crippen LogP contribution is -2.47. The highest BCUT2D eigenvalue weighted by molar-refractivity contribution is 7.89. The number of amides is 2. The van der Waals surface area contributed by atoms with Crippen molar-refractivity contribution in [2.45, 2.75) is 62.7 Å². The normalized spacial score (nSPS) is 14.1. The zero-order valence-corrected chi connectivity index (χ0v) is 22.0. The molecular weight excluding hydrogens is 507 g/mol. The number of benzene rings is 2. The number of pyridine rings is 1. The number of halogens is 1. The van der Waals surface area contributed by atoms with Crippen molar-refractivity contribution >= 4 is 21.8 Å². The molecule has 0 spiro atoms. The molecule has 2 N–H and O–H groups in total. The van der Waals surface area contributed by atoms with Crippen LogP contribution in [0.2, 0.25) is 0 Å². The van der Waals surface area contributed by atoms with Gasteiger partial charge in [0.2, 0.25) is 21.8 Å². The number of carbonyl (C=O) groups is 2. The molecule has 1 aliphatic carbocycles. The van der Waals surface area contributed by atoms with Gasteiger partial charge in [-0.1, -0.05) is 30.3 Å². The van der Waals surface area contributed by atoms with Crippen LogP contribution in [0.5, 0.6) is 0 Å². The van der Waals surface area contributed by atoms with Crippen molar-refractivity contribution < 1.29 is 22.4 Å². The second kappa shape index (κ2) is 12.3. The molecule has 2 aromatic carbocycles. The lowest BCUT2D eigenvalue weighted by atomic mass is 10.1. The molecule has 1 aromatic heterocycles. The van der Waals surface area contributed by atoms with Gasteiger partial charge in [0.1, 0.15) is 11.9 Å². The molecule has 0 radical (unpaired) electrons. The lowest BCUT2D eigenvalue weighted by Gasteiger charge is -2.29. The van der Waals surface area contributed by atoms with Crippen LogP contribution in [0.4, 0.5) is 4.39 Å². The van der Waals surface area contributed by atoms with Crippen molar-refractivity contribution in [3.8, 4) is 0 Å². The van der Waals surface area contributed by atoms with Gasteiger partial charge in [0.15, 0.2) is 0 Å². The van der Waals surface area contributed by atoms with E-state index in [9.17, 15) is 22.4 Å². The maximum absolute atomic E-state index is 13.4. The van der Waals surface area contributed by atoms with E-state index in [4.69, 9.17) is 0 Å². The van der Waals surface area contributed by atoms with E-state index in [-0.39, 0.29) is 48.1 Å². The number of aryl methyl sites for hydroxylation is 1. The molecule has 1 saturated carbocycles. The third-order valence-electron chi connectivity index (χ3n) is 6.38. The summed E-state index contributed by atoms with van der Waals surface area (Å²) in [4.78, 5) is 32.0. The Morgan fingerprint density at radius 3 is 2.34 bits per heavy atom. The quantitative estimate of drug-likeness (QED) is 0.368. The Kier molecular flexibility index (Phi) is 8.85. The van der Waals surface area contributed by atoms with E-state index in [0.717, 1.165) is 24.0 Å². The Hall–Kier alpha value is -3.63. The van der Waals surface area contributed by atoms with Crippen molar-refractivity contribution in [3.63, 3.8) is 0 Å². The van der Waals surface area contributed by atoms with Crippen LogP contribution < -0.4 is 10.0 Å². The summed E-state index contributed by atoms with van der Waals surface area (Å²) in [6, 6.07) is 15.2. The minimum atomic E-state index is -3.54. The smallest absolute Gasteiger partial charge is 0.242 e. The molecule has 0 saturated heterocycles. The number of carbonyl (C=O) groups excluding carboxylic acids is 2. The second-order valence-electron chi connectivity index (χ2n) is 9.44. The Balaban J connectivity index is 1.41. The monoisotopic (exact) mass is 538 g/mol. The summed E-state index contributed by atoms with van der Waals surface area (Å²) in [5.74, 6) is -0.945. The summed E-state index contributed by atoms with van der Waals surface area (Å²) in [6.07, 6.45) is 5.51. The zero-order chi connectivity index (χ0) is 27.1. The van der Waals surface area contributed by atoms with Gasteiger partial charge in [-0.25, -0.2) is 17.5 Å². The van der Waals surface area contributed by atoms with Gasteiger partial charge in [-0.05, 0) is 73.2 Å². The molecule has 2 amide bonds. The first-order valence-corrected chi connectivity index (χ1v) is 14.0. The predicted molar refractivity (Wildman–Crippen MR) is 141 cm³/mol. The first kappa shape index (κ1) is 27.4. The van der Waals surface area contributed by atoms with E-state index >= 15 is 0 Å². The van der Waals surface area contributed by atoms with E-state index in [2.05, 4.69) is 15.0 Å². The topological polar surface area (TPSA) is 108 Å². The van der Waals surface area contributed by atoms with Crippen LogP contribution in [0.1, 0.15) is 42.9 Å².